The maximum atomic E-state index is 11.9. The number of Topliss-reactive ketones (excluding diaryl/α,β-unsaturated/α-hetero) is 1. The molecule has 1 amide bonds. The number of hydrogen-bond acceptors (Lipinski definition) is 6. The Morgan fingerprint density at radius 3 is 3.11 bits per heavy atom. The van der Waals surface area contributed by atoms with Gasteiger partial charge in [0, 0.05) is 6.42 Å². The Kier molecular flexibility index (Phi) is 2.58. The molecule has 0 aromatic rings. The van der Waals surface area contributed by atoms with Gasteiger partial charge in [-0.3, -0.25) is 4.79 Å². The summed E-state index contributed by atoms with van der Waals surface area (Å²) < 4.78 is 10.6. The van der Waals surface area contributed by atoms with Crippen molar-refractivity contribution in [3.8, 4) is 0 Å². The molecule has 0 spiro atoms. The van der Waals surface area contributed by atoms with Gasteiger partial charge in [0.1, 0.15) is 18.2 Å². The molecule has 98 valence electrons. The first-order valence-corrected chi connectivity index (χ1v) is 6.13. The van der Waals surface area contributed by atoms with Crippen LogP contribution in [-0.2, 0) is 14.3 Å². The lowest BCUT2D eigenvalue weighted by Gasteiger charge is -2.24. The highest BCUT2D eigenvalue weighted by atomic mass is 16.6. The summed E-state index contributed by atoms with van der Waals surface area (Å²) in [6.45, 7) is 4.26. The van der Waals surface area contributed by atoms with Gasteiger partial charge >= 0.3 is 6.09 Å². The van der Waals surface area contributed by atoms with Crippen LogP contribution >= 0.6 is 0 Å². The first-order valence-electron chi connectivity index (χ1n) is 6.13. The van der Waals surface area contributed by atoms with E-state index in [-0.39, 0.29) is 29.9 Å². The van der Waals surface area contributed by atoms with Gasteiger partial charge in [0.25, 0.3) is 0 Å². The lowest BCUT2D eigenvalue weighted by Crippen LogP contribution is -2.48. The molecule has 7 heteroatoms. The van der Waals surface area contributed by atoms with Crippen LogP contribution in [0.15, 0.2) is 10.3 Å². The minimum Gasteiger partial charge on any atom is -0.448 e. The molecule has 7 nitrogen and oxygen atoms in total. The molecule has 3 rings (SSSR count). The number of carbonyl (C=O) groups excluding carboxylic acids is 2. The summed E-state index contributed by atoms with van der Waals surface area (Å²) in [4.78, 5) is 23.4. The van der Waals surface area contributed by atoms with Gasteiger partial charge in [-0.1, -0.05) is 19.1 Å². The van der Waals surface area contributed by atoms with E-state index in [2.05, 4.69) is 10.3 Å². The smallest absolute Gasteiger partial charge is 0.432 e. The van der Waals surface area contributed by atoms with E-state index in [1.807, 2.05) is 13.8 Å². The fourth-order valence-corrected chi connectivity index (χ4v) is 2.57. The number of fused-ring (bicyclic) bond motifs is 5. The Bertz CT molecular complexity index is 423. The Morgan fingerprint density at radius 2 is 2.39 bits per heavy atom. The predicted octanol–water partition coefficient (Wildman–Crippen LogP) is 0.939. The van der Waals surface area contributed by atoms with E-state index >= 15 is 0 Å². The van der Waals surface area contributed by atoms with Crippen LogP contribution in [-0.4, -0.2) is 47.8 Å². The van der Waals surface area contributed by atoms with Crippen LogP contribution in [0.4, 0.5) is 4.79 Å². The zero-order valence-corrected chi connectivity index (χ0v) is 10.3. The second-order valence-corrected chi connectivity index (χ2v) is 5.27. The molecule has 2 fully saturated rings. The third kappa shape index (κ3) is 1.61. The van der Waals surface area contributed by atoms with Crippen LogP contribution in [0.3, 0.4) is 0 Å². The summed E-state index contributed by atoms with van der Waals surface area (Å²) in [7, 11) is 0. The Balaban J connectivity index is 1.68. The van der Waals surface area contributed by atoms with Crippen LogP contribution in [0.25, 0.3) is 0 Å². The lowest BCUT2D eigenvalue weighted by atomic mass is 9.90. The predicted molar refractivity (Wildman–Crippen MR) is 58.7 cm³/mol. The number of amides is 1. The van der Waals surface area contributed by atoms with Crippen molar-refractivity contribution in [2.24, 2.45) is 16.3 Å². The van der Waals surface area contributed by atoms with Gasteiger partial charge in [-0.15, -0.1) is 0 Å². The molecule has 2 saturated heterocycles. The molecule has 0 radical (unpaired) electrons. The zero-order chi connectivity index (χ0) is 12.9. The summed E-state index contributed by atoms with van der Waals surface area (Å²) in [6, 6.07) is -0.616. The molecule has 3 aliphatic heterocycles. The molecule has 0 saturated carbocycles. The first kappa shape index (κ1) is 11.6. The van der Waals surface area contributed by atoms with Crippen molar-refractivity contribution >= 4 is 11.9 Å². The molecule has 0 N–H and O–H groups in total. The molecule has 4 atom stereocenters. The second-order valence-electron chi connectivity index (χ2n) is 5.27. The minimum absolute atomic E-state index is 0.0533. The molecule has 3 aliphatic rings. The van der Waals surface area contributed by atoms with E-state index in [1.54, 1.807) is 0 Å². The SMILES string of the molecule is CC(C)COC(=O)N1N=N[C@@H]2[C@H]1[C@@H]1CC(=O)[C@@H]2O1. The number of rotatable bonds is 2. The Morgan fingerprint density at radius 1 is 1.61 bits per heavy atom. The highest BCUT2D eigenvalue weighted by Crippen LogP contribution is 2.40. The van der Waals surface area contributed by atoms with Gasteiger partial charge in [0.15, 0.2) is 5.78 Å². The molecule has 2 bridgehead atoms. The molecule has 0 unspecified atom stereocenters. The highest BCUT2D eigenvalue weighted by Gasteiger charge is 2.60. The third-order valence-corrected chi connectivity index (χ3v) is 3.37. The first-order chi connectivity index (χ1) is 8.58. The molecular weight excluding hydrogens is 238 g/mol. The van der Waals surface area contributed by atoms with E-state index in [9.17, 15) is 9.59 Å². The van der Waals surface area contributed by atoms with Crippen molar-refractivity contribution in [2.45, 2.75) is 44.6 Å². The van der Waals surface area contributed by atoms with Crippen molar-refractivity contribution in [2.75, 3.05) is 6.61 Å². The largest absolute Gasteiger partial charge is 0.448 e. The summed E-state index contributed by atoms with van der Waals surface area (Å²) in [5.41, 5.74) is 0. The van der Waals surface area contributed by atoms with Crippen LogP contribution < -0.4 is 0 Å². The third-order valence-electron chi connectivity index (χ3n) is 3.37. The number of nitrogens with zero attached hydrogens (tertiary/aromatic N) is 3. The average Bonchev–Trinajstić information content (AvgIpc) is 2.95. The number of carbonyl (C=O) groups is 2. The topological polar surface area (TPSA) is 80.6 Å². The lowest BCUT2D eigenvalue weighted by molar-refractivity contribution is -0.122. The van der Waals surface area contributed by atoms with Gasteiger partial charge in [-0.25, -0.2) is 4.79 Å². The van der Waals surface area contributed by atoms with Crippen LogP contribution in [0.2, 0.25) is 0 Å². The minimum atomic E-state index is -0.522. The Labute approximate surface area is 104 Å². The van der Waals surface area contributed by atoms with Crippen LogP contribution in [0, 0.1) is 5.92 Å². The fourth-order valence-electron chi connectivity index (χ4n) is 2.57. The monoisotopic (exact) mass is 253 g/mol. The quantitative estimate of drug-likeness (QED) is 0.733. The van der Waals surface area contributed by atoms with E-state index < -0.39 is 12.2 Å². The summed E-state index contributed by atoms with van der Waals surface area (Å²) in [5, 5.41) is 9.02. The van der Waals surface area contributed by atoms with Crippen molar-refractivity contribution < 1.29 is 19.1 Å². The van der Waals surface area contributed by atoms with Crippen molar-refractivity contribution in [1.82, 2.24) is 5.01 Å². The van der Waals surface area contributed by atoms with Gasteiger partial charge < -0.3 is 9.47 Å². The van der Waals surface area contributed by atoms with Crippen molar-refractivity contribution in [3.05, 3.63) is 0 Å². The molecule has 0 aromatic heterocycles. The maximum Gasteiger partial charge on any atom is 0.432 e. The zero-order valence-electron chi connectivity index (χ0n) is 10.3. The highest BCUT2D eigenvalue weighted by molar-refractivity contribution is 5.88. The van der Waals surface area contributed by atoms with Gasteiger partial charge in [-0.2, -0.15) is 10.1 Å². The molecular formula is C11H15N3O4. The summed E-state index contributed by atoms with van der Waals surface area (Å²) in [6.07, 6.45) is -0.977. The van der Waals surface area contributed by atoms with E-state index in [1.165, 1.54) is 5.01 Å². The number of ketones is 1. The number of ether oxygens (including phenoxy) is 2. The average molecular weight is 253 g/mol. The van der Waals surface area contributed by atoms with Crippen molar-refractivity contribution in [1.29, 1.82) is 0 Å². The van der Waals surface area contributed by atoms with Gasteiger partial charge in [0.2, 0.25) is 0 Å². The summed E-state index contributed by atoms with van der Waals surface area (Å²) >= 11 is 0. The van der Waals surface area contributed by atoms with Crippen molar-refractivity contribution in [3.63, 3.8) is 0 Å². The van der Waals surface area contributed by atoms with Gasteiger partial charge in [-0.05, 0) is 5.92 Å². The van der Waals surface area contributed by atoms with E-state index in [0.717, 1.165) is 0 Å². The second kappa shape index (κ2) is 4.01. The van der Waals surface area contributed by atoms with Crippen LogP contribution in [0.1, 0.15) is 20.3 Å². The normalized spacial score (nSPS) is 36.6. The summed E-state index contributed by atoms with van der Waals surface area (Å²) in [5.74, 6) is 0.319. The number of hydrogen-bond donors (Lipinski definition) is 0. The molecule has 18 heavy (non-hydrogen) atoms. The van der Waals surface area contributed by atoms with Crippen LogP contribution in [0.5, 0.6) is 0 Å². The molecule has 3 heterocycles. The van der Waals surface area contributed by atoms with Gasteiger partial charge in [0.05, 0.1) is 12.7 Å². The molecule has 0 aliphatic carbocycles. The Hall–Kier alpha value is -1.50. The maximum absolute atomic E-state index is 11.9. The van der Waals surface area contributed by atoms with E-state index in [0.29, 0.717) is 13.0 Å². The fraction of sp³-hybridized carbons (Fsp3) is 0.818. The molecule has 0 aromatic carbocycles. The standard InChI is InChI=1S/C11H15N3O4/c1-5(2)4-17-11(16)14-9-7-3-6(15)10(18-7)8(9)12-13-14/h5,7-10H,3-4H2,1-2H3/t7-,8+,9+,10-/m0/s1. The van der Waals surface area contributed by atoms with E-state index in [4.69, 9.17) is 9.47 Å².